The third kappa shape index (κ3) is 7.69. The van der Waals surface area contributed by atoms with Crippen molar-refractivity contribution in [1.29, 1.82) is 0 Å². The first-order valence-corrected chi connectivity index (χ1v) is 8.42. The van der Waals surface area contributed by atoms with Gasteiger partial charge in [0, 0.05) is 6.04 Å². The fraction of sp³-hybridized carbons (Fsp3) is 0.500. The lowest BCUT2D eigenvalue weighted by atomic mass is 10.2. The van der Waals surface area contributed by atoms with Crippen LogP contribution in [0.15, 0.2) is 24.3 Å². The van der Waals surface area contributed by atoms with Gasteiger partial charge in [0.2, 0.25) is 0 Å². The third-order valence-corrected chi connectivity index (χ3v) is 3.32. The van der Waals surface area contributed by atoms with Gasteiger partial charge in [0.15, 0.2) is 6.61 Å². The summed E-state index contributed by atoms with van der Waals surface area (Å²) in [6.45, 7) is 5.47. The lowest BCUT2D eigenvalue weighted by Crippen LogP contribution is -2.37. The summed E-state index contributed by atoms with van der Waals surface area (Å²) in [4.78, 5) is 35.4. The monoisotopic (exact) mass is 350 g/mol. The minimum Gasteiger partial charge on any atom is -0.493 e. The number of benzene rings is 1. The second-order valence-corrected chi connectivity index (χ2v) is 5.53. The van der Waals surface area contributed by atoms with Crippen molar-refractivity contribution >= 4 is 17.8 Å². The Bertz CT molecular complexity index is 589. The van der Waals surface area contributed by atoms with Gasteiger partial charge < -0.3 is 20.1 Å². The number of rotatable bonds is 10. The molecule has 0 spiro atoms. The summed E-state index contributed by atoms with van der Waals surface area (Å²) in [6, 6.07) is 6.78. The molecule has 0 saturated heterocycles. The molecular weight excluding hydrogens is 324 g/mol. The first-order chi connectivity index (χ1) is 12.0. The number of amides is 2. The van der Waals surface area contributed by atoms with Crippen LogP contribution in [0.4, 0.5) is 0 Å². The summed E-state index contributed by atoms with van der Waals surface area (Å²) >= 11 is 0. The van der Waals surface area contributed by atoms with Crippen molar-refractivity contribution in [3.05, 3.63) is 29.8 Å². The Balaban J connectivity index is 2.39. The zero-order valence-corrected chi connectivity index (χ0v) is 15.0. The van der Waals surface area contributed by atoms with Gasteiger partial charge in [-0.05, 0) is 32.4 Å². The van der Waals surface area contributed by atoms with Crippen molar-refractivity contribution in [2.24, 2.45) is 0 Å². The predicted molar refractivity (Wildman–Crippen MR) is 93.4 cm³/mol. The van der Waals surface area contributed by atoms with E-state index in [1.54, 1.807) is 24.3 Å². The lowest BCUT2D eigenvalue weighted by molar-refractivity contribution is -0.147. The first-order valence-electron chi connectivity index (χ1n) is 8.42. The standard InChI is InChI=1S/C18H26N2O5/c1-4-8-13(3)20-16(21)12-25-17(22)11-19-18(23)14-9-6-7-10-15(14)24-5-2/h6-7,9-10,13H,4-5,8,11-12H2,1-3H3,(H,19,23)(H,20,21). The van der Waals surface area contributed by atoms with Crippen LogP contribution in [0.1, 0.15) is 44.0 Å². The highest BCUT2D eigenvalue weighted by Crippen LogP contribution is 2.17. The van der Waals surface area contributed by atoms with Gasteiger partial charge in [0.05, 0.1) is 12.2 Å². The van der Waals surface area contributed by atoms with Crippen LogP contribution in [0.25, 0.3) is 0 Å². The number of carbonyl (C=O) groups is 3. The fourth-order valence-corrected chi connectivity index (χ4v) is 2.20. The van der Waals surface area contributed by atoms with Crippen LogP contribution in [0.2, 0.25) is 0 Å². The van der Waals surface area contributed by atoms with Gasteiger partial charge in [0.25, 0.3) is 11.8 Å². The minimum absolute atomic E-state index is 0.0333. The molecule has 0 radical (unpaired) electrons. The van der Waals surface area contributed by atoms with E-state index in [4.69, 9.17) is 9.47 Å². The van der Waals surface area contributed by atoms with Gasteiger partial charge in [-0.25, -0.2) is 0 Å². The fourth-order valence-electron chi connectivity index (χ4n) is 2.20. The summed E-state index contributed by atoms with van der Waals surface area (Å²) < 4.78 is 10.2. The van der Waals surface area contributed by atoms with Crippen LogP contribution in [0.5, 0.6) is 5.75 Å². The molecule has 0 bridgehead atoms. The lowest BCUT2D eigenvalue weighted by Gasteiger charge is -2.13. The molecule has 0 aromatic heterocycles. The summed E-state index contributed by atoms with van der Waals surface area (Å²) in [6.07, 6.45) is 1.81. The number of hydrogen-bond acceptors (Lipinski definition) is 5. The Morgan fingerprint density at radius 3 is 2.56 bits per heavy atom. The molecule has 1 rings (SSSR count). The third-order valence-electron chi connectivity index (χ3n) is 3.32. The van der Waals surface area contributed by atoms with Gasteiger partial charge in [0.1, 0.15) is 12.3 Å². The van der Waals surface area contributed by atoms with Crippen LogP contribution in [-0.2, 0) is 14.3 Å². The number of nitrogens with one attached hydrogen (secondary N) is 2. The van der Waals surface area contributed by atoms with Crippen LogP contribution >= 0.6 is 0 Å². The van der Waals surface area contributed by atoms with Gasteiger partial charge in [-0.2, -0.15) is 0 Å². The number of carbonyl (C=O) groups excluding carboxylic acids is 3. The van der Waals surface area contributed by atoms with Gasteiger partial charge >= 0.3 is 5.97 Å². The van der Waals surface area contributed by atoms with E-state index in [1.165, 1.54) is 0 Å². The normalized spacial score (nSPS) is 11.3. The van der Waals surface area contributed by atoms with E-state index in [0.29, 0.717) is 17.9 Å². The van der Waals surface area contributed by atoms with E-state index in [2.05, 4.69) is 10.6 Å². The molecule has 1 atom stereocenters. The number of ether oxygens (including phenoxy) is 2. The molecule has 0 aliphatic heterocycles. The molecule has 1 aromatic rings. The number of para-hydroxylation sites is 1. The highest BCUT2D eigenvalue weighted by Gasteiger charge is 2.14. The van der Waals surface area contributed by atoms with Gasteiger partial charge in [-0.3, -0.25) is 14.4 Å². The van der Waals surface area contributed by atoms with E-state index in [9.17, 15) is 14.4 Å². The Hall–Kier alpha value is -2.57. The molecule has 2 amide bonds. The zero-order valence-electron chi connectivity index (χ0n) is 15.0. The summed E-state index contributed by atoms with van der Waals surface area (Å²) in [5.41, 5.74) is 0.336. The minimum atomic E-state index is -0.680. The second-order valence-electron chi connectivity index (χ2n) is 5.53. The average Bonchev–Trinajstić information content (AvgIpc) is 2.58. The van der Waals surface area contributed by atoms with Crippen molar-refractivity contribution < 1.29 is 23.9 Å². The summed E-state index contributed by atoms with van der Waals surface area (Å²) in [5.74, 6) is -1.04. The molecule has 25 heavy (non-hydrogen) atoms. The van der Waals surface area contributed by atoms with E-state index in [0.717, 1.165) is 12.8 Å². The molecule has 138 valence electrons. The maximum Gasteiger partial charge on any atom is 0.325 e. The predicted octanol–water partition coefficient (Wildman–Crippen LogP) is 1.66. The summed E-state index contributed by atoms with van der Waals surface area (Å²) in [5, 5.41) is 5.19. The van der Waals surface area contributed by atoms with E-state index in [1.807, 2.05) is 20.8 Å². The average molecular weight is 350 g/mol. The molecule has 0 aliphatic carbocycles. The van der Waals surface area contributed by atoms with Crippen molar-refractivity contribution in [1.82, 2.24) is 10.6 Å². The van der Waals surface area contributed by atoms with Crippen molar-refractivity contribution in [3.63, 3.8) is 0 Å². The maximum absolute atomic E-state index is 12.1. The molecule has 0 fully saturated rings. The van der Waals surface area contributed by atoms with E-state index < -0.39 is 11.9 Å². The molecule has 7 nitrogen and oxygen atoms in total. The number of esters is 1. The molecule has 0 heterocycles. The van der Waals surface area contributed by atoms with Crippen molar-refractivity contribution in [2.75, 3.05) is 19.8 Å². The molecule has 1 unspecified atom stereocenters. The summed E-state index contributed by atoms with van der Waals surface area (Å²) in [7, 11) is 0. The number of hydrogen-bond donors (Lipinski definition) is 2. The molecular formula is C18H26N2O5. The van der Waals surface area contributed by atoms with Crippen LogP contribution in [-0.4, -0.2) is 43.6 Å². The van der Waals surface area contributed by atoms with Crippen molar-refractivity contribution in [3.8, 4) is 5.75 Å². The zero-order chi connectivity index (χ0) is 18.7. The SMILES string of the molecule is CCCC(C)NC(=O)COC(=O)CNC(=O)c1ccccc1OCC. The maximum atomic E-state index is 12.1. The van der Waals surface area contributed by atoms with E-state index >= 15 is 0 Å². The molecule has 0 aliphatic rings. The van der Waals surface area contributed by atoms with Crippen LogP contribution in [0.3, 0.4) is 0 Å². The van der Waals surface area contributed by atoms with E-state index in [-0.39, 0.29) is 25.1 Å². The molecule has 0 saturated carbocycles. The second kappa shape index (κ2) is 11.1. The van der Waals surface area contributed by atoms with Crippen LogP contribution < -0.4 is 15.4 Å². The highest BCUT2D eigenvalue weighted by molar-refractivity contribution is 5.98. The Labute approximate surface area is 148 Å². The molecule has 7 heteroatoms. The Kier molecular flexibility index (Phi) is 9.06. The largest absolute Gasteiger partial charge is 0.493 e. The molecule has 2 N–H and O–H groups in total. The van der Waals surface area contributed by atoms with Crippen LogP contribution in [0, 0.1) is 0 Å². The topological polar surface area (TPSA) is 93.7 Å². The molecule has 1 aromatic carbocycles. The Morgan fingerprint density at radius 2 is 1.88 bits per heavy atom. The smallest absolute Gasteiger partial charge is 0.325 e. The van der Waals surface area contributed by atoms with Gasteiger partial charge in [-0.15, -0.1) is 0 Å². The highest BCUT2D eigenvalue weighted by atomic mass is 16.5. The van der Waals surface area contributed by atoms with Gasteiger partial charge in [-0.1, -0.05) is 25.5 Å². The quantitative estimate of drug-likeness (QED) is 0.626. The first kappa shape index (κ1) is 20.5. The Morgan fingerprint density at radius 1 is 1.16 bits per heavy atom. The van der Waals surface area contributed by atoms with Crippen molar-refractivity contribution in [2.45, 2.75) is 39.7 Å².